The van der Waals surface area contributed by atoms with Crippen LogP contribution in [0, 0.1) is 12.8 Å². The fraction of sp³-hybridized carbons (Fsp3) is 0.700. The molecule has 0 fully saturated rings. The van der Waals surface area contributed by atoms with E-state index in [9.17, 15) is 4.79 Å². The van der Waals surface area contributed by atoms with Gasteiger partial charge in [-0.2, -0.15) is 0 Å². The maximum Gasteiger partial charge on any atom is 0.160 e. The summed E-state index contributed by atoms with van der Waals surface area (Å²) in [4.78, 5) is 11.2. The largest absolute Gasteiger partial charge is 0.372 e. The van der Waals surface area contributed by atoms with Gasteiger partial charge in [0.25, 0.3) is 0 Å². The number of carbonyl (C=O) groups is 1. The Bertz CT molecular complexity index is 320. The molecule has 1 aromatic rings. The van der Waals surface area contributed by atoms with Gasteiger partial charge in [-0.1, -0.05) is 19.1 Å². The van der Waals surface area contributed by atoms with Crippen molar-refractivity contribution < 1.29 is 9.53 Å². The van der Waals surface area contributed by atoms with Crippen LogP contribution in [0.5, 0.6) is 0 Å². The third-order valence-electron chi connectivity index (χ3n) is 2.01. The number of hydrogen-bond acceptors (Lipinski definition) is 4. The molecule has 0 bridgehead atoms. The molecule has 0 atom stereocenters. The lowest BCUT2D eigenvalue weighted by Crippen LogP contribution is -2.17. The Morgan fingerprint density at radius 3 is 2.87 bits per heavy atom. The molecule has 0 saturated carbocycles. The minimum Gasteiger partial charge on any atom is -0.372 e. The average Bonchev–Trinajstić information content (AvgIpc) is 2.58. The fourth-order valence-electron chi connectivity index (χ4n) is 1.00. The number of nitrogens with zero attached hydrogens (tertiary/aromatic N) is 3. The van der Waals surface area contributed by atoms with Crippen molar-refractivity contribution in [1.29, 1.82) is 0 Å². The molecule has 1 rings (SSSR count). The summed E-state index contributed by atoms with van der Waals surface area (Å²) in [6.45, 7) is 6.92. The van der Waals surface area contributed by atoms with Crippen LogP contribution in [0.1, 0.15) is 19.5 Å². The lowest BCUT2D eigenvalue weighted by molar-refractivity contribution is -0.126. The second-order valence-corrected chi connectivity index (χ2v) is 3.80. The van der Waals surface area contributed by atoms with E-state index in [1.54, 1.807) is 4.68 Å². The zero-order valence-electron chi connectivity index (χ0n) is 9.43. The summed E-state index contributed by atoms with van der Waals surface area (Å²) in [5, 5.41) is 7.72. The van der Waals surface area contributed by atoms with Crippen LogP contribution in [-0.2, 0) is 16.1 Å². The summed E-state index contributed by atoms with van der Waals surface area (Å²) in [6.07, 6.45) is 1.84. The Kier molecular flexibility index (Phi) is 4.42. The van der Waals surface area contributed by atoms with Crippen LogP contribution in [0.25, 0.3) is 0 Å². The monoisotopic (exact) mass is 211 g/mol. The van der Waals surface area contributed by atoms with Crippen molar-refractivity contribution in [1.82, 2.24) is 15.0 Å². The minimum absolute atomic E-state index is 0.0404. The van der Waals surface area contributed by atoms with Crippen molar-refractivity contribution in [3.05, 3.63) is 11.9 Å². The molecule has 1 aromatic heterocycles. The number of aryl methyl sites for hydroxylation is 1. The van der Waals surface area contributed by atoms with E-state index in [0.717, 1.165) is 5.69 Å². The Labute approximate surface area is 89.4 Å². The smallest absolute Gasteiger partial charge is 0.160 e. The summed E-state index contributed by atoms with van der Waals surface area (Å²) in [6, 6.07) is 0. The summed E-state index contributed by atoms with van der Waals surface area (Å²) in [5.41, 5.74) is 0.883. The number of ether oxygens (including phenoxy) is 1. The van der Waals surface area contributed by atoms with Crippen LogP contribution in [-0.4, -0.2) is 34.0 Å². The molecule has 15 heavy (non-hydrogen) atoms. The summed E-state index contributed by atoms with van der Waals surface area (Å²) in [7, 11) is 0. The van der Waals surface area contributed by atoms with Crippen LogP contribution in [0.4, 0.5) is 0 Å². The van der Waals surface area contributed by atoms with E-state index in [1.807, 2.05) is 27.0 Å². The van der Waals surface area contributed by atoms with E-state index in [4.69, 9.17) is 4.74 Å². The van der Waals surface area contributed by atoms with Gasteiger partial charge in [0.05, 0.1) is 18.8 Å². The number of rotatable bonds is 6. The van der Waals surface area contributed by atoms with E-state index in [1.165, 1.54) is 0 Å². The van der Waals surface area contributed by atoms with Gasteiger partial charge in [0, 0.05) is 12.1 Å². The van der Waals surface area contributed by atoms with Gasteiger partial charge in [-0.25, -0.2) is 4.68 Å². The van der Waals surface area contributed by atoms with E-state index in [0.29, 0.717) is 13.2 Å². The van der Waals surface area contributed by atoms with Crippen LogP contribution >= 0.6 is 0 Å². The maximum atomic E-state index is 11.2. The van der Waals surface area contributed by atoms with Gasteiger partial charge in [-0.05, 0) is 6.92 Å². The van der Waals surface area contributed by atoms with Crippen molar-refractivity contribution in [2.45, 2.75) is 27.3 Å². The lowest BCUT2D eigenvalue weighted by atomic mass is 10.1. The summed E-state index contributed by atoms with van der Waals surface area (Å²) < 4.78 is 6.94. The zero-order chi connectivity index (χ0) is 11.3. The van der Waals surface area contributed by atoms with Gasteiger partial charge in [0.1, 0.15) is 6.61 Å². The summed E-state index contributed by atoms with van der Waals surface area (Å²) >= 11 is 0. The van der Waals surface area contributed by atoms with Gasteiger partial charge >= 0.3 is 0 Å². The second kappa shape index (κ2) is 5.60. The molecule has 5 heteroatoms. The van der Waals surface area contributed by atoms with E-state index in [-0.39, 0.29) is 18.3 Å². The number of aromatic nitrogens is 3. The minimum atomic E-state index is 0.0404. The van der Waals surface area contributed by atoms with Gasteiger partial charge < -0.3 is 4.74 Å². The highest BCUT2D eigenvalue weighted by Crippen LogP contribution is 1.95. The predicted molar refractivity (Wildman–Crippen MR) is 55.4 cm³/mol. The lowest BCUT2D eigenvalue weighted by Gasteiger charge is -2.05. The van der Waals surface area contributed by atoms with E-state index in [2.05, 4.69) is 10.3 Å². The highest BCUT2D eigenvalue weighted by Gasteiger charge is 2.06. The maximum absolute atomic E-state index is 11.2. The van der Waals surface area contributed by atoms with Crippen molar-refractivity contribution in [3.8, 4) is 0 Å². The molecule has 0 amide bonds. The topological polar surface area (TPSA) is 57.0 Å². The van der Waals surface area contributed by atoms with Crippen molar-refractivity contribution in [3.63, 3.8) is 0 Å². The predicted octanol–water partition coefficient (Wildman–Crippen LogP) is 0.828. The average molecular weight is 211 g/mol. The number of hydrogen-bond donors (Lipinski definition) is 0. The normalized spacial score (nSPS) is 10.9. The highest BCUT2D eigenvalue weighted by molar-refractivity contribution is 5.81. The molecule has 0 spiro atoms. The Balaban J connectivity index is 2.15. The molecule has 0 radical (unpaired) electrons. The first-order chi connectivity index (χ1) is 7.09. The zero-order valence-corrected chi connectivity index (χ0v) is 9.43. The SMILES string of the molecule is Cc1cn(CCOCC(=O)C(C)C)nn1. The Morgan fingerprint density at radius 1 is 1.60 bits per heavy atom. The number of Topliss-reactive ketones (excluding diaryl/α,β-unsaturated/α-hetero) is 1. The fourth-order valence-corrected chi connectivity index (χ4v) is 1.00. The van der Waals surface area contributed by atoms with Gasteiger partial charge in [0.15, 0.2) is 5.78 Å². The molecule has 0 unspecified atom stereocenters. The number of carbonyl (C=O) groups excluding carboxylic acids is 1. The molecule has 0 aliphatic heterocycles. The van der Waals surface area contributed by atoms with Crippen LogP contribution in [0.2, 0.25) is 0 Å². The molecule has 5 nitrogen and oxygen atoms in total. The van der Waals surface area contributed by atoms with Crippen molar-refractivity contribution >= 4 is 5.78 Å². The standard InChI is InChI=1S/C10H17N3O2/c1-8(2)10(14)7-15-5-4-13-6-9(3)11-12-13/h6,8H,4-5,7H2,1-3H3. The first kappa shape index (κ1) is 11.8. The Morgan fingerprint density at radius 2 is 2.33 bits per heavy atom. The summed E-state index contributed by atoms with van der Waals surface area (Å²) in [5.74, 6) is 0.170. The molecule has 0 N–H and O–H groups in total. The quantitative estimate of drug-likeness (QED) is 0.654. The highest BCUT2D eigenvalue weighted by atomic mass is 16.5. The molecule has 1 heterocycles. The molecular weight excluding hydrogens is 194 g/mol. The van der Waals surface area contributed by atoms with Crippen molar-refractivity contribution in [2.75, 3.05) is 13.2 Å². The number of ketones is 1. The molecule has 0 saturated heterocycles. The van der Waals surface area contributed by atoms with E-state index >= 15 is 0 Å². The molecule has 84 valence electrons. The van der Waals surface area contributed by atoms with Crippen LogP contribution < -0.4 is 0 Å². The van der Waals surface area contributed by atoms with Crippen LogP contribution in [0.3, 0.4) is 0 Å². The second-order valence-electron chi connectivity index (χ2n) is 3.80. The van der Waals surface area contributed by atoms with Gasteiger partial charge in [-0.15, -0.1) is 5.10 Å². The molecule has 0 aliphatic rings. The molecular formula is C10H17N3O2. The third kappa shape index (κ3) is 4.20. The first-order valence-electron chi connectivity index (χ1n) is 5.07. The Hall–Kier alpha value is -1.23. The van der Waals surface area contributed by atoms with Gasteiger partial charge in [-0.3, -0.25) is 4.79 Å². The van der Waals surface area contributed by atoms with Crippen molar-refractivity contribution in [2.24, 2.45) is 5.92 Å². The molecule has 0 aromatic carbocycles. The third-order valence-corrected chi connectivity index (χ3v) is 2.01. The van der Waals surface area contributed by atoms with E-state index < -0.39 is 0 Å². The van der Waals surface area contributed by atoms with Crippen LogP contribution in [0.15, 0.2) is 6.20 Å². The first-order valence-corrected chi connectivity index (χ1v) is 5.07. The molecule has 0 aliphatic carbocycles. The van der Waals surface area contributed by atoms with Gasteiger partial charge in [0.2, 0.25) is 0 Å².